The molecule has 1 aliphatic heterocycles. The molecule has 1 heterocycles. The van der Waals surface area contributed by atoms with E-state index in [9.17, 15) is 10.2 Å². The number of aliphatic hydroxyl groups is 3. The van der Waals surface area contributed by atoms with E-state index in [1.165, 1.54) is 0 Å². The summed E-state index contributed by atoms with van der Waals surface area (Å²) in [6.45, 7) is 1.47. The van der Waals surface area contributed by atoms with Gasteiger partial charge < -0.3 is 20.1 Å². The van der Waals surface area contributed by atoms with Crippen molar-refractivity contribution in [3.63, 3.8) is 0 Å². The molecule has 1 aliphatic carbocycles. The first kappa shape index (κ1) is 9.68. The minimum absolute atomic E-state index is 0.216. The van der Waals surface area contributed by atoms with E-state index in [-0.39, 0.29) is 18.6 Å². The first-order valence-corrected chi connectivity index (χ1v) is 4.69. The van der Waals surface area contributed by atoms with Gasteiger partial charge in [0.2, 0.25) is 0 Å². The maximum Gasteiger partial charge on any atom is 0.109 e. The van der Waals surface area contributed by atoms with Crippen LogP contribution >= 0.6 is 11.6 Å². The smallest absolute Gasteiger partial charge is 0.109 e. The fourth-order valence-corrected chi connectivity index (χ4v) is 2.43. The summed E-state index contributed by atoms with van der Waals surface area (Å²) in [6, 6.07) is 0. The van der Waals surface area contributed by atoms with Gasteiger partial charge in [-0.3, -0.25) is 0 Å². The number of alkyl halides is 1. The molecule has 0 radical (unpaired) electrons. The standard InChI is InChI=1S/C8H13ClO4/c1-8(9)4-6(12)5(11)3(2-10)13-7(4)8/h3-7,10-12H,2H2,1H3/t3-,4-,5+,6-,7+,8?/m1/s1. The second-order valence-corrected chi connectivity index (χ2v) is 4.75. The number of rotatable bonds is 1. The van der Waals surface area contributed by atoms with Crippen LogP contribution in [0.3, 0.4) is 0 Å². The van der Waals surface area contributed by atoms with E-state index in [1.807, 2.05) is 0 Å². The fourth-order valence-electron chi connectivity index (χ4n) is 2.06. The van der Waals surface area contributed by atoms with Crippen LogP contribution in [0, 0.1) is 5.92 Å². The van der Waals surface area contributed by atoms with Gasteiger partial charge in [-0.1, -0.05) is 0 Å². The van der Waals surface area contributed by atoms with Crippen LogP contribution in [-0.2, 0) is 4.74 Å². The minimum atomic E-state index is -1.04. The second kappa shape index (κ2) is 2.81. The average molecular weight is 209 g/mol. The number of halogens is 1. The Morgan fingerprint density at radius 1 is 1.38 bits per heavy atom. The van der Waals surface area contributed by atoms with E-state index >= 15 is 0 Å². The lowest BCUT2D eigenvalue weighted by molar-refractivity contribution is -0.152. The van der Waals surface area contributed by atoms with Crippen LogP contribution in [0.2, 0.25) is 0 Å². The highest BCUT2D eigenvalue weighted by Crippen LogP contribution is 2.57. The van der Waals surface area contributed by atoms with Crippen molar-refractivity contribution in [1.29, 1.82) is 0 Å². The van der Waals surface area contributed by atoms with Gasteiger partial charge in [-0.05, 0) is 6.92 Å². The summed E-state index contributed by atoms with van der Waals surface area (Å²) in [5, 5.41) is 27.9. The van der Waals surface area contributed by atoms with Crippen LogP contribution in [0.1, 0.15) is 6.92 Å². The molecule has 2 fully saturated rings. The first-order valence-electron chi connectivity index (χ1n) is 4.31. The Morgan fingerprint density at radius 2 is 2.00 bits per heavy atom. The number of hydrogen-bond donors (Lipinski definition) is 3. The largest absolute Gasteiger partial charge is 0.394 e. The molecule has 0 aromatic heterocycles. The third kappa shape index (κ3) is 1.21. The Labute approximate surface area is 81.1 Å². The van der Waals surface area contributed by atoms with Gasteiger partial charge in [0, 0.05) is 5.92 Å². The fraction of sp³-hybridized carbons (Fsp3) is 1.00. The van der Waals surface area contributed by atoms with Crippen molar-refractivity contribution in [3.8, 4) is 0 Å². The van der Waals surface area contributed by atoms with Crippen molar-refractivity contribution in [2.24, 2.45) is 5.92 Å². The molecule has 3 N–H and O–H groups in total. The van der Waals surface area contributed by atoms with Crippen LogP contribution in [0.15, 0.2) is 0 Å². The molecule has 2 aliphatic rings. The average Bonchev–Trinajstić information content (AvgIpc) is 2.61. The van der Waals surface area contributed by atoms with E-state index in [0.717, 1.165) is 0 Å². The summed E-state index contributed by atoms with van der Waals surface area (Å²) in [5.41, 5.74) is 0. The number of aliphatic hydroxyl groups excluding tert-OH is 3. The van der Waals surface area contributed by atoms with Crippen LogP contribution in [0.4, 0.5) is 0 Å². The Hall–Kier alpha value is 0.130. The highest BCUT2D eigenvalue weighted by molar-refractivity contribution is 6.26. The van der Waals surface area contributed by atoms with E-state index < -0.39 is 23.2 Å². The van der Waals surface area contributed by atoms with Crippen molar-refractivity contribution in [2.75, 3.05) is 6.61 Å². The molecule has 6 atom stereocenters. The van der Waals surface area contributed by atoms with Gasteiger partial charge in [-0.25, -0.2) is 0 Å². The summed E-state index contributed by atoms with van der Waals surface area (Å²) < 4.78 is 5.32. The predicted molar refractivity (Wildman–Crippen MR) is 45.5 cm³/mol. The number of fused-ring (bicyclic) bond motifs is 1. The topological polar surface area (TPSA) is 69.9 Å². The summed E-state index contributed by atoms with van der Waals surface area (Å²) in [5.74, 6) is -0.216. The molecular formula is C8H13ClO4. The lowest BCUT2D eigenvalue weighted by Crippen LogP contribution is -2.47. The molecule has 1 saturated heterocycles. The molecule has 0 spiro atoms. The zero-order valence-electron chi connectivity index (χ0n) is 7.22. The van der Waals surface area contributed by atoms with Crippen molar-refractivity contribution < 1.29 is 20.1 Å². The van der Waals surface area contributed by atoms with Gasteiger partial charge in [0.15, 0.2) is 0 Å². The maximum atomic E-state index is 9.60. The third-order valence-corrected chi connectivity index (χ3v) is 3.49. The molecule has 0 amide bonds. The van der Waals surface area contributed by atoms with Crippen molar-refractivity contribution in [3.05, 3.63) is 0 Å². The summed E-state index contributed by atoms with van der Waals surface area (Å²) in [4.78, 5) is -0.593. The Morgan fingerprint density at radius 3 is 2.54 bits per heavy atom. The quantitative estimate of drug-likeness (QED) is 0.489. The van der Waals surface area contributed by atoms with Gasteiger partial charge >= 0.3 is 0 Å². The van der Waals surface area contributed by atoms with Crippen LogP contribution in [0.25, 0.3) is 0 Å². The Balaban J connectivity index is 2.13. The number of hydrogen-bond acceptors (Lipinski definition) is 4. The normalized spacial score (nSPS) is 60.2. The molecular weight excluding hydrogens is 196 g/mol. The van der Waals surface area contributed by atoms with Gasteiger partial charge in [0.05, 0.1) is 23.7 Å². The van der Waals surface area contributed by atoms with Crippen LogP contribution in [-0.4, -0.2) is 51.2 Å². The van der Waals surface area contributed by atoms with Crippen LogP contribution < -0.4 is 0 Å². The lowest BCUT2D eigenvalue weighted by atomic mass is 10.0. The van der Waals surface area contributed by atoms with E-state index in [0.29, 0.717) is 0 Å². The van der Waals surface area contributed by atoms with Gasteiger partial charge in [0.1, 0.15) is 12.2 Å². The Bertz CT molecular complexity index is 220. The highest BCUT2D eigenvalue weighted by atomic mass is 35.5. The molecule has 1 saturated carbocycles. The van der Waals surface area contributed by atoms with Crippen LogP contribution in [0.5, 0.6) is 0 Å². The zero-order valence-corrected chi connectivity index (χ0v) is 7.98. The molecule has 1 unspecified atom stereocenters. The van der Waals surface area contributed by atoms with E-state index in [2.05, 4.69) is 0 Å². The van der Waals surface area contributed by atoms with Gasteiger partial charge in [-0.15, -0.1) is 11.6 Å². The molecule has 13 heavy (non-hydrogen) atoms. The highest BCUT2D eigenvalue weighted by Gasteiger charge is 2.69. The van der Waals surface area contributed by atoms with Gasteiger partial charge in [-0.2, -0.15) is 0 Å². The molecule has 0 bridgehead atoms. The van der Waals surface area contributed by atoms with E-state index in [1.54, 1.807) is 6.92 Å². The molecule has 2 rings (SSSR count). The first-order chi connectivity index (χ1) is 6.00. The minimum Gasteiger partial charge on any atom is -0.394 e. The van der Waals surface area contributed by atoms with Crippen molar-refractivity contribution >= 4 is 11.6 Å². The zero-order chi connectivity index (χ0) is 9.80. The molecule has 4 nitrogen and oxygen atoms in total. The summed E-state index contributed by atoms with van der Waals surface area (Å²) in [7, 11) is 0. The predicted octanol–water partition coefficient (Wildman–Crippen LogP) is -0.905. The monoisotopic (exact) mass is 208 g/mol. The SMILES string of the molecule is CC1(Cl)[C@@H]2[C@@H](O)[C@@H](O)[C@@H](CO)O[C@@H]21. The maximum absolute atomic E-state index is 9.60. The third-order valence-electron chi connectivity index (χ3n) is 3.03. The molecule has 0 aromatic carbocycles. The molecule has 0 aromatic rings. The summed E-state index contributed by atoms with van der Waals surface area (Å²) >= 11 is 6.02. The molecule has 76 valence electrons. The lowest BCUT2D eigenvalue weighted by Gasteiger charge is -2.29. The Kier molecular flexibility index (Phi) is 2.09. The van der Waals surface area contributed by atoms with E-state index in [4.69, 9.17) is 21.4 Å². The second-order valence-electron chi connectivity index (χ2n) is 3.94. The van der Waals surface area contributed by atoms with Crippen molar-refractivity contribution in [1.82, 2.24) is 0 Å². The van der Waals surface area contributed by atoms with Gasteiger partial charge in [0.25, 0.3) is 0 Å². The van der Waals surface area contributed by atoms with Crippen molar-refractivity contribution in [2.45, 2.75) is 36.2 Å². The molecule has 5 heteroatoms. The number of ether oxygens (including phenoxy) is 1. The summed E-state index contributed by atoms with van der Waals surface area (Å²) in [6.07, 6.45) is -2.88.